The molecular weight excluding hydrogens is 871 g/mol. The summed E-state index contributed by atoms with van der Waals surface area (Å²) in [7, 11) is 0. The molecule has 0 amide bonds. The lowest BCUT2D eigenvalue weighted by atomic mass is 9.78. The van der Waals surface area contributed by atoms with Crippen molar-refractivity contribution in [1.29, 1.82) is 0 Å². The molecule has 1 heterocycles. The van der Waals surface area contributed by atoms with Crippen molar-refractivity contribution in [3.8, 4) is 55.6 Å². The summed E-state index contributed by atoms with van der Waals surface area (Å²) in [6.07, 6.45) is 0. The summed E-state index contributed by atoms with van der Waals surface area (Å²) in [5.74, 6) is 0. The number of fused-ring (bicyclic) bond motifs is 5. The molecule has 0 unspecified atom stereocenters. The fourth-order valence-electron chi connectivity index (χ4n) is 10.9. The molecule has 0 radical (unpaired) electrons. The number of anilines is 3. The molecule has 72 heavy (non-hydrogen) atoms. The van der Waals surface area contributed by atoms with Gasteiger partial charge in [0, 0.05) is 27.6 Å². The van der Waals surface area contributed by atoms with E-state index in [2.05, 4.69) is 277 Å². The summed E-state index contributed by atoms with van der Waals surface area (Å²) < 4.78 is 6.45. The highest BCUT2D eigenvalue weighted by Gasteiger charge is 2.26. The summed E-state index contributed by atoms with van der Waals surface area (Å²) in [4.78, 5) is 2.51. The van der Waals surface area contributed by atoms with Crippen molar-refractivity contribution in [2.45, 2.75) is 52.4 Å². The van der Waals surface area contributed by atoms with Gasteiger partial charge in [0.05, 0.1) is 11.4 Å². The van der Waals surface area contributed by atoms with Gasteiger partial charge in [-0.05, 0) is 124 Å². The molecule has 0 bridgehead atoms. The number of rotatable bonds is 8. The van der Waals surface area contributed by atoms with Crippen LogP contribution in [0.25, 0.3) is 99.1 Å². The summed E-state index contributed by atoms with van der Waals surface area (Å²) in [5.41, 5.74) is 19.4. The smallest absolute Gasteiger partial charge is 0.136 e. The first-order valence-corrected chi connectivity index (χ1v) is 25.2. The van der Waals surface area contributed by atoms with Crippen molar-refractivity contribution in [2.75, 3.05) is 4.90 Å². The van der Waals surface area contributed by atoms with Crippen LogP contribution in [0.2, 0.25) is 0 Å². The maximum absolute atomic E-state index is 6.45. The second kappa shape index (κ2) is 17.7. The quantitative estimate of drug-likeness (QED) is 0.151. The fraction of sp³-hybridized carbons (Fsp3) is 0.114. The topological polar surface area (TPSA) is 16.4 Å². The van der Waals surface area contributed by atoms with E-state index < -0.39 is 0 Å². The van der Waals surface area contributed by atoms with E-state index >= 15 is 0 Å². The van der Waals surface area contributed by atoms with Crippen LogP contribution < -0.4 is 4.90 Å². The first-order chi connectivity index (χ1) is 35.0. The van der Waals surface area contributed by atoms with E-state index in [0.717, 1.165) is 61.3 Å². The van der Waals surface area contributed by atoms with Crippen LogP contribution in [-0.4, -0.2) is 0 Å². The third-order valence-electron chi connectivity index (χ3n) is 14.6. The minimum absolute atomic E-state index is 0.0272. The van der Waals surface area contributed by atoms with E-state index in [1.165, 1.54) is 66.1 Å². The van der Waals surface area contributed by atoms with Crippen LogP contribution >= 0.6 is 0 Å². The van der Waals surface area contributed by atoms with Gasteiger partial charge in [-0.25, -0.2) is 0 Å². The maximum Gasteiger partial charge on any atom is 0.136 e. The second-order valence-electron chi connectivity index (χ2n) is 21.3. The lowest BCUT2D eigenvalue weighted by molar-refractivity contribution is 0.569. The van der Waals surface area contributed by atoms with E-state index in [-0.39, 0.29) is 10.8 Å². The summed E-state index contributed by atoms with van der Waals surface area (Å²) in [6.45, 7) is 13.9. The molecule has 0 N–H and O–H groups in total. The van der Waals surface area contributed by atoms with Gasteiger partial charge in [0.25, 0.3) is 0 Å². The van der Waals surface area contributed by atoms with Crippen LogP contribution in [0.3, 0.4) is 0 Å². The van der Waals surface area contributed by atoms with Gasteiger partial charge in [0.15, 0.2) is 0 Å². The Morgan fingerprint density at radius 3 is 1.32 bits per heavy atom. The number of benzene rings is 11. The zero-order valence-corrected chi connectivity index (χ0v) is 41.9. The Balaban J connectivity index is 1.13. The van der Waals surface area contributed by atoms with Gasteiger partial charge < -0.3 is 9.32 Å². The third-order valence-corrected chi connectivity index (χ3v) is 14.6. The van der Waals surface area contributed by atoms with Gasteiger partial charge in [-0.1, -0.05) is 242 Å². The molecule has 0 fully saturated rings. The first kappa shape index (κ1) is 44.7. The highest BCUT2D eigenvalue weighted by atomic mass is 16.3. The SMILES string of the molecule is CC(C)(C)c1cc(-c2cccc3cccc(-c4ccccc4N(c4cccc(-c5cccc6oc7ccccc7c56)c4)c4ccccc4-c4cccc5cccc(-c6ccccc6)c45)c23)cc(C(C)(C)C)c1. The van der Waals surface area contributed by atoms with Crippen molar-refractivity contribution in [1.82, 2.24) is 0 Å². The molecule has 12 rings (SSSR count). The van der Waals surface area contributed by atoms with E-state index in [4.69, 9.17) is 4.42 Å². The zero-order chi connectivity index (χ0) is 49.1. The number of nitrogens with zero attached hydrogens (tertiary/aromatic N) is 1. The van der Waals surface area contributed by atoms with Gasteiger partial charge in [0.2, 0.25) is 0 Å². The molecule has 12 aromatic rings. The summed E-state index contributed by atoms with van der Waals surface area (Å²) in [6, 6.07) is 87.0. The lowest BCUT2D eigenvalue weighted by Gasteiger charge is -2.31. The van der Waals surface area contributed by atoms with Crippen LogP contribution in [0.5, 0.6) is 0 Å². The van der Waals surface area contributed by atoms with E-state index in [1.54, 1.807) is 0 Å². The lowest BCUT2D eigenvalue weighted by Crippen LogP contribution is -2.16. The van der Waals surface area contributed by atoms with Crippen molar-refractivity contribution in [2.24, 2.45) is 0 Å². The standard InChI is InChI=1S/C70H57NO/c1-69(2,3)51-42-50(43-52(45-51)70(4,5)6)56-34-18-25-48-27-20-37-60(67(48)56)58-31-11-14-39-63(58)71(53-29-16-28-49(44-53)55-35-21-41-65-68(55)61-32-12-15-40-64(61)72-65)62-38-13-10-30-57(62)59-36-19-26-47-24-17-33-54(66(47)59)46-22-8-7-9-23-46/h7-45H,1-6H3. The Hall–Kier alpha value is -8.46. The average Bonchev–Trinajstić information content (AvgIpc) is 3.79. The van der Waals surface area contributed by atoms with Crippen LogP contribution in [0.15, 0.2) is 241 Å². The highest BCUT2D eigenvalue weighted by Crippen LogP contribution is 2.50. The Morgan fingerprint density at radius 2 is 0.736 bits per heavy atom. The van der Waals surface area contributed by atoms with Gasteiger partial charge in [-0.15, -0.1) is 0 Å². The van der Waals surface area contributed by atoms with E-state index in [1.807, 2.05) is 6.07 Å². The minimum atomic E-state index is -0.0272. The Morgan fingerprint density at radius 1 is 0.306 bits per heavy atom. The molecule has 0 saturated carbocycles. The highest BCUT2D eigenvalue weighted by molar-refractivity contribution is 6.14. The molecule has 0 aliphatic rings. The van der Waals surface area contributed by atoms with E-state index in [0.29, 0.717) is 0 Å². The second-order valence-corrected chi connectivity index (χ2v) is 21.3. The monoisotopic (exact) mass is 927 g/mol. The third kappa shape index (κ3) is 7.94. The van der Waals surface area contributed by atoms with Gasteiger partial charge in [-0.3, -0.25) is 0 Å². The maximum atomic E-state index is 6.45. The van der Waals surface area contributed by atoms with Gasteiger partial charge in [-0.2, -0.15) is 0 Å². The molecule has 0 saturated heterocycles. The number of para-hydroxylation sites is 3. The molecule has 1 aromatic heterocycles. The number of hydrogen-bond acceptors (Lipinski definition) is 2. The van der Waals surface area contributed by atoms with Crippen LogP contribution in [0.4, 0.5) is 17.1 Å². The molecule has 2 nitrogen and oxygen atoms in total. The first-order valence-electron chi connectivity index (χ1n) is 25.2. The molecular formula is C70H57NO. The average molecular weight is 928 g/mol. The molecule has 0 atom stereocenters. The Labute approximate surface area is 423 Å². The Kier molecular flexibility index (Phi) is 11.0. The van der Waals surface area contributed by atoms with Crippen molar-refractivity contribution in [3.05, 3.63) is 248 Å². The fourth-order valence-corrected chi connectivity index (χ4v) is 10.9. The molecule has 2 heteroatoms. The van der Waals surface area contributed by atoms with Crippen molar-refractivity contribution in [3.63, 3.8) is 0 Å². The van der Waals surface area contributed by atoms with Crippen molar-refractivity contribution < 1.29 is 4.42 Å². The van der Waals surface area contributed by atoms with E-state index in [9.17, 15) is 0 Å². The normalized spacial score (nSPS) is 12.0. The predicted molar refractivity (Wildman–Crippen MR) is 308 cm³/mol. The Bertz CT molecular complexity index is 3970. The van der Waals surface area contributed by atoms with Crippen LogP contribution in [0.1, 0.15) is 52.7 Å². The van der Waals surface area contributed by atoms with Gasteiger partial charge in [0.1, 0.15) is 11.2 Å². The van der Waals surface area contributed by atoms with Crippen molar-refractivity contribution >= 4 is 60.5 Å². The minimum Gasteiger partial charge on any atom is -0.456 e. The van der Waals surface area contributed by atoms with Crippen LogP contribution in [0, 0.1) is 0 Å². The van der Waals surface area contributed by atoms with Crippen LogP contribution in [-0.2, 0) is 10.8 Å². The molecule has 348 valence electrons. The molecule has 11 aromatic carbocycles. The van der Waals surface area contributed by atoms with Gasteiger partial charge >= 0.3 is 0 Å². The molecule has 0 spiro atoms. The largest absolute Gasteiger partial charge is 0.456 e. The number of hydrogen-bond donors (Lipinski definition) is 0. The zero-order valence-electron chi connectivity index (χ0n) is 41.9. The summed E-state index contributed by atoms with van der Waals surface area (Å²) in [5, 5.41) is 7.10. The predicted octanol–water partition coefficient (Wildman–Crippen LogP) is 20.3. The summed E-state index contributed by atoms with van der Waals surface area (Å²) >= 11 is 0. The molecule has 0 aliphatic heterocycles. The molecule has 0 aliphatic carbocycles. The number of furan rings is 1.